The lowest BCUT2D eigenvalue weighted by Gasteiger charge is -2.09. The Morgan fingerprint density at radius 2 is 1.83 bits per heavy atom. The van der Waals surface area contributed by atoms with Gasteiger partial charge >= 0.3 is 0 Å². The standard InChI is InChI=1S/C20H21N5O3S/c1-3-24-18(12-21-19(26)16-8-4-14(2)5-9-16)22-23-20(24)29-13-15-6-10-17(11-7-15)25(27)28/h4-11H,3,12-13H2,1-2H3,(H,21,26). The second kappa shape index (κ2) is 9.33. The van der Waals surface area contributed by atoms with Gasteiger partial charge in [-0.3, -0.25) is 14.9 Å². The first-order valence-corrected chi connectivity index (χ1v) is 10.1. The normalized spacial score (nSPS) is 10.7. The van der Waals surface area contributed by atoms with Gasteiger partial charge in [0.05, 0.1) is 11.5 Å². The highest BCUT2D eigenvalue weighted by Gasteiger charge is 2.13. The van der Waals surface area contributed by atoms with E-state index in [0.717, 1.165) is 16.3 Å². The lowest BCUT2D eigenvalue weighted by molar-refractivity contribution is -0.384. The first-order valence-electron chi connectivity index (χ1n) is 9.11. The molecule has 1 amide bonds. The number of amides is 1. The quantitative estimate of drug-likeness (QED) is 0.344. The summed E-state index contributed by atoms with van der Waals surface area (Å²) in [5.41, 5.74) is 2.73. The van der Waals surface area contributed by atoms with Gasteiger partial charge in [0.15, 0.2) is 11.0 Å². The van der Waals surface area contributed by atoms with E-state index in [-0.39, 0.29) is 18.1 Å². The van der Waals surface area contributed by atoms with Crippen molar-refractivity contribution in [3.63, 3.8) is 0 Å². The Morgan fingerprint density at radius 1 is 1.14 bits per heavy atom. The third-order valence-corrected chi connectivity index (χ3v) is 5.38. The van der Waals surface area contributed by atoms with Crippen LogP contribution in [0.15, 0.2) is 53.7 Å². The van der Waals surface area contributed by atoms with E-state index >= 15 is 0 Å². The van der Waals surface area contributed by atoms with E-state index in [1.165, 1.54) is 23.9 Å². The van der Waals surface area contributed by atoms with Crippen LogP contribution >= 0.6 is 11.8 Å². The minimum atomic E-state index is -0.415. The van der Waals surface area contributed by atoms with Gasteiger partial charge in [0.2, 0.25) is 0 Å². The van der Waals surface area contributed by atoms with Crippen LogP contribution in [0.5, 0.6) is 0 Å². The molecule has 1 N–H and O–H groups in total. The summed E-state index contributed by atoms with van der Waals surface area (Å²) in [5, 5.41) is 22.8. The van der Waals surface area contributed by atoms with Crippen molar-refractivity contribution in [3.8, 4) is 0 Å². The number of nitrogens with one attached hydrogen (secondary N) is 1. The molecule has 0 aliphatic rings. The van der Waals surface area contributed by atoms with E-state index in [1.54, 1.807) is 24.3 Å². The summed E-state index contributed by atoms with van der Waals surface area (Å²) >= 11 is 1.50. The van der Waals surface area contributed by atoms with Crippen LogP contribution in [-0.4, -0.2) is 25.6 Å². The number of carbonyl (C=O) groups excluding carboxylic acids is 1. The molecule has 1 heterocycles. The van der Waals surface area contributed by atoms with Gasteiger partial charge in [-0.05, 0) is 31.5 Å². The molecule has 0 unspecified atom stereocenters. The molecule has 9 heteroatoms. The molecule has 0 aliphatic heterocycles. The third kappa shape index (κ3) is 5.20. The third-order valence-electron chi connectivity index (χ3n) is 4.35. The average Bonchev–Trinajstić information content (AvgIpc) is 3.13. The number of nitro benzene ring substituents is 1. The van der Waals surface area contributed by atoms with Crippen LogP contribution in [-0.2, 0) is 18.8 Å². The van der Waals surface area contributed by atoms with Crippen LogP contribution in [0.2, 0.25) is 0 Å². The highest BCUT2D eigenvalue weighted by atomic mass is 32.2. The van der Waals surface area contributed by atoms with E-state index in [0.29, 0.717) is 23.7 Å². The molecule has 0 bridgehead atoms. The summed E-state index contributed by atoms with van der Waals surface area (Å²) < 4.78 is 1.95. The second-order valence-corrected chi connectivity index (χ2v) is 7.35. The first-order chi connectivity index (χ1) is 14.0. The summed E-state index contributed by atoms with van der Waals surface area (Å²) in [6, 6.07) is 13.8. The Labute approximate surface area is 172 Å². The molecular weight excluding hydrogens is 390 g/mol. The lowest BCUT2D eigenvalue weighted by Crippen LogP contribution is -2.24. The molecule has 2 aromatic carbocycles. The number of thioether (sulfide) groups is 1. The van der Waals surface area contributed by atoms with Crippen molar-refractivity contribution in [1.29, 1.82) is 0 Å². The fraction of sp³-hybridized carbons (Fsp3) is 0.250. The van der Waals surface area contributed by atoms with Gasteiger partial charge in [0.25, 0.3) is 11.6 Å². The summed E-state index contributed by atoms with van der Waals surface area (Å²) in [5.74, 6) is 1.14. The predicted molar refractivity (Wildman–Crippen MR) is 111 cm³/mol. The van der Waals surface area contributed by atoms with Crippen molar-refractivity contribution < 1.29 is 9.72 Å². The summed E-state index contributed by atoms with van der Waals surface area (Å²) in [6.45, 7) is 4.92. The van der Waals surface area contributed by atoms with Crippen molar-refractivity contribution in [2.75, 3.05) is 0 Å². The minimum Gasteiger partial charge on any atom is -0.345 e. The van der Waals surface area contributed by atoms with Gasteiger partial charge in [0, 0.05) is 30.0 Å². The molecule has 150 valence electrons. The fourth-order valence-corrected chi connectivity index (χ4v) is 3.68. The van der Waals surface area contributed by atoms with Crippen molar-refractivity contribution >= 4 is 23.4 Å². The number of carbonyl (C=O) groups is 1. The molecular formula is C20H21N5O3S. The van der Waals surface area contributed by atoms with Crippen LogP contribution in [0.25, 0.3) is 0 Å². The number of hydrogen-bond donors (Lipinski definition) is 1. The molecule has 3 rings (SSSR count). The van der Waals surface area contributed by atoms with Gasteiger partial charge in [0.1, 0.15) is 0 Å². The van der Waals surface area contributed by atoms with Crippen LogP contribution in [0.1, 0.15) is 34.2 Å². The van der Waals surface area contributed by atoms with Crippen LogP contribution in [0, 0.1) is 17.0 Å². The molecule has 8 nitrogen and oxygen atoms in total. The number of aromatic nitrogens is 3. The fourth-order valence-electron chi connectivity index (χ4n) is 2.70. The zero-order chi connectivity index (χ0) is 20.8. The number of aryl methyl sites for hydroxylation is 1. The van der Waals surface area contributed by atoms with Gasteiger partial charge in [-0.2, -0.15) is 0 Å². The number of benzene rings is 2. The molecule has 0 radical (unpaired) electrons. The number of non-ortho nitro benzene ring substituents is 1. The van der Waals surface area contributed by atoms with E-state index in [4.69, 9.17) is 0 Å². The lowest BCUT2D eigenvalue weighted by atomic mass is 10.1. The number of nitrogens with zero attached hydrogens (tertiary/aromatic N) is 4. The SMILES string of the molecule is CCn1c(CNC(=O)c2ccc(C)cc2)nnc1SCc1ccc([N+](=O)[O-])cc1. The summed E-state index contributed by atoms with van der Waals surface area (Å²) in [7, 11) is 0. The van der Waals surface area contributed by atoms with Gasteiger partial charge in [-0.15, -0.1) is 10.2 Å². The smallest absolute Gasteiger partial charge is 0.269 e. The maximum atomic E-state index is 12.3. The van der Waals surface area contributed by atoms with E-state index in [9.17, 15) is 14.9 Å². The van der Waals surface area contributed by atoms with E-state index in [2.05, 4.69) is 15.5 Å². The molecule has 0 atom stereocenters. The molecule has 3 aromatic rings. The van der Waals surface area contributed by atoms with Crippen LogP contribution in [0.3, 0.4) is 0 Å². The zero-order valence-electron chi connectivity index (χ0n) is 16.2. The van der Waals surface area contributed by atoms with Crippen molar-refractivity contribution in [2.24, 2.45) is 0 Å². The predicted octanol–water partition coefficient (Wildman–Crippen LogP) is 3.74. The zero-order valence-corrected chi connectivity index (χ0v) is 17.0. The highest BCUT2D eigenvalue weighted by molar-refractivity contribution is 7.98. The molecule has 29 heavy (non-hydrogen) atoms. The maximum Gasteiger partial charge on any atom is 0.269 e. The van der Waals surface area contributed by atoms with Crippen molar-refractivity contribution in [3.05, 3.63) is 81.2 Å². The Bertz CT molecular complexity index is 1000. The van der Waals surface area contributed by atoms with Gasteiger partial charge in [-0.1, -0.05) is 41.6 Å². The van der Waals surface area contributed by atoms with E-state index in [1.807, 2.05) is 30.5 Å². The molecule has 0 spiro atoms. The first kappa shape index (κ1) is 20.5. The van der Waals surface area contributed by atoms with Gasteiger partial charge in [-0.25, -0.2) is 0 Å². The second-order valence-electron chi connectivity index (χ2n) is 6.40. The van der Waals surface area contributed by atoms with Crippen molar-refractivity contribution in [2.45, 2.75) is 37.8 Å². The minimum absolute atomic E-state index is 0.0714. The topological polar surface area (TPSA) is 103 Å². The molecule has 0 aliphatic carbocycles. The molecule has 0 saturated carbocycles. The molecule has 0 fully saturated rings. The Kier molecular flexibility index (Phi) is 6.61. The largest absolute Gasteiger partial charge is 0.345 e. The highest BCUT2D eigenvalue weighted by Crippen LogP contribution is 2.23. The van der Waals surface area contributed by atoms with Crippen LogP contribution < -0.4 is 5.32 Å². The maximum absolute atomic E-state index is 12.3. The van der Waals surface area contributed by atoms with Gasteiger partial charge < -0.3 is 9.88 Å². The number of nitro groups is 1. The molecule has 1 aromatic heterocycles. The molecule has 0 saturated heterocycles. The Morgan fingerprint density at radius 3 is 2.45 bits per heavy atom. The average molecular weight is 411 g/mol. The monoisotopic (exact) mass is 411 g/mol. The summed E-state index contributed by atoms with van der Waals surface area (Å²) in [6.07, 6.45) is 0. The van der Waals surface area contributed by atoms with E-state index < -0.39 is 4.92 Å². The number of rotatable bonds is 8. The van der Waals surface area contributed by atoms with Crippen LogP contribution in [0.4, 0.5) is 5.69 Å². The van der Waals surface area contributed by atoms with Crippen molar-refractivity contribution in [1.82, 2.24) is 20.1 Å². The Balaban J connectivity index is 1.61. The summed E-state index contributed by atoms with van der Waals surface area (Å²) in [4.78, 5) is 22.6. The Hall–Kier alpha value is -3.20. The number of hydrogen-bond acceptors (Lipinski definition) is 6.